The summed E-state index contributed by atoms with van der Waals surface area (Å²) in [6.45, 7) is 1.97. The van der Waals surface area contributed by atoms with E-state index in [1.165, 1.54) is 5.56 Å². The van der Waals surface area contributed by atoms with Crippen LogP contribution in [0.5, 0.6) is 0 Å². The fourth-order valence-electron chi connectivity index (χ4n) is 1.62. The van der Waals surface area contributed by atoms with Gasteiger partial charge in [-0.25, -0.2) is 0 Å². The molecule has 0 atom stereocenters. The van der Waals surface area contributed by atoms with Crippen molar-refractivity contribution in [1.29, 1.82) is 0 Å². The highest BCUT2D eigenvalue weighted by atomic mass is 35.5. The van der Waals surface area contributed by atoms with E-state index >= 15 is 0 Å². The third-order valence-corrected chi connectivity index (χ3v) is 2.75. The van der Waals surface area contributed by atoms with Crippen molar-refractivity contribution in [1.82, 2.24) is 0 Å². The Morgan fingerprint density at radius 3 is 2.67 bits per heavy atom. The van der Waals surface area contributed by atoms with E-state index in [9.17, 15) is 4.79 Å². The molecule has 0 heterocycles. The summed E-state index contributed by atoms with van der Waals surface area (Å²) in [5, 5.41) is 8.74. The normalized spacial score (nSPS) is 10.3. The molecule has 0 aliphatic rings. The fraction of sp³-hybridized carbons (Fsp3) is 0.417. The summed E-state index contributed by atoms with van der Waals surface area (Å²) in [6, 6.07) is 5.82. The van der Waals surface area contributed by atoms with Gasteiger partial charge < -0.3 is 5.11 Å². The maximum atomic E-state index is 10.6. The SMILES string of the molecule is Cc1c(CCCCl)cccc1CC(=O)O. The Kier molecular flexibility index (Phi) is 4.63. The quantitative estimate of drug-likeness (QED) is 0.784. The fourth-order valence-corrected chi connectivity index (χ4v) is 1.75. The molecule has 0 spiro atoms. The molecule has 0 saturated heterocycles. The molecule has 0 aliphatic carbocycles. The molecule has 1 aromatic rings. The number of hydrogen-bond donors (Lipinski definition) is 1. The Bertz CT molecular complexity index is 347. The van der Waals surface area contributed by atoms with Crippen LogP contribution in [0.1, 0.15) is 23.1 Å². The molecular formula is C12H15ClO2. The van der Waals surface area contributed by atoms with Crippen molar-refractivity contribution >= 4 is 17.6 Å². The monoisotopic (exact) mass is 226 g/mol. The standard InChI is InChI=1S/C12H15ClO2/c1-9-10(6-3-7-13)4-2-5-11(9)8-12(14)15/h2,4-5H,3,6-8H2,1H3,(H,14,15). The zero-order valence-electron chi connectivity index (χ0n) is 8.79. The molecule has 1 rings (SSSR count). The van der Waals surface area contributed by atoms with Gasteiger partial charge in [0, 0.05) is 5.88 Å². The lowest BCUT2D eigenvalue weighted by molar-refractivity contribution is -0.136. The van der Waals surface area contributed by atoms with Gasteiger partial charge >= 0.3 is 5.97 Å². The van der Waals surface area contributed by atoms with Crippen LogP contribution < -0.4 is 0 Å². The second-order valence-electron chi connectivity index (χ2n) is 3.56. The van der Waals surface area contributed by atoms with Crippen LogP contribution in [0.4, 0.5) is 0 Å². The number of benzene rings is 1. The first kappa shape index (κ1) is 12.1. The van der Waals surface area contributed by atoms with Gasteiger partial charge in [0.2, 0.25) is 0 Å². The summed E-state index contributed by atoms with van der Waals surface area (Å²) < 4.78 is 0. The average molecular weight is 227 g/mol. The van der Waals surface area contributed by atoms with Crippen molar-refractivity contribution in [2.45, 2.75) is 26.2 Å². The Hall–Kier alpha value is -1.02. The van der Waals surface area contributed by atoms with Gasteiger partial charge in [-0.1, -0.05) is 18.2 Å². The average Bonchev–Trinajstić information content (AvgIpc) is 2.19. The minimum atomic E-state index is -0.785. The topological polar surface area (TPSA) is 37.3 Å². The van der Waals surface area contributed by atoms with Crippen LogP contribution in [-0.4, -0.2) is 17.0 Å². The van der Waals surface area contributed by atoms with E-state index < -0.39 is 5.97 Å². The van der Waals surface area contributed by atoms with Gasteiger partial charge in [-0.2, -0.15) is 0 Å². The van der Waals surface area contributed by atoms with Crippen LogP contribution in [0.2, 0.25) is 0 Å². The highest BCUT2D eigenvalue weighted by Crippen LogP contribution is 2.16. The van der Waals surface area contributed by atoms with Crippen LogP contribution in [-0.2, 0) is 17.6 Å². The zero-order valence-corrected chi connectivity index (χ0v) is 9.55. The molecule has 0 unspecified atom stereocenters. The Morgan fingerprint density at radius 1 is 1.40 bits per heavy atom. The number of carbonyl (C=O) groups is 1. The van der Waals surface area contributed by atoms with E-state index in [1.54, 1.807) is 0 Å². The van der Waals surface area contributed by atoms with Crippen LogP contribution in [0, 0.1) is 6.92 Å². The minimum Gasteiger partial charge on any atom is -0.481 e. The number of carboxylic acids is 1. The third kappa shape index (κ3) is 3.56. The van der Waals surface area contributed by atoms with E-state index in [4.69, 9.17) is 16.7 Å². The van der Waals surface area contributed by atoms with Crippen molar-refractivity contribution in [2.24, 2.45) is 0 Å². The van der Waals surface area contributed by atoms with Crippen LogP contribution in [0.15, 0.2) is 18.2 Å². The maximum Gasteiger partial charge on any atom is 0.307 e. The zero-order chi connectivity index (χ0) is 11.3. The predicted octanol–water partition coefficient (Wildman–Crippen LogP) is 2.79. The first-order chi connectivity index (χ1) is 7.15. The van der Waals surface area contributed by atoms with Crippen molar-refractivity contribution in [3.05, 3.63) is 34.9 Å². The molecule has 0 saturated carbocycles. The molecule has 0 aliphatic heterocycles. The summed E-state index contributed by atoms with van der Waals surface area (Å²) in [7, 11) is 0. The number of hydrogen-bond acceptors (Lipinski definition) is 1. The molecule has 82 valence electrons. The number of alkyl halides is 1. The van der Waals surface area contributed by atoms with Crippen molar-refractivity contribution < 1.29 is 9.90 Å². The maximum absolute atomic E-state index is 10.6. The number of aliphatic carboxylic acids is 1. The second-order valence-corrected chi connectivity index (χ2v) is 3.94. The van der Waals surface area contributed by atoms with Gasteiger partial charge in [0.25, 0.3) is 0 Å². The highest BCUT2D eigenvalue weighted by molar-refractivity contribution is 6.17. The van der Waals surface area contributed by atoms with Gasteiger partial charge in [-0.05, 0) is 36.5 Å². The van der Waals surface area contributed by atoms with Crippen molar-refractivity contribution in [3.63, 3.8) is 0 Å². The van der Waals surface area contributed by atoms with Crippen molar-refractivity contribution in [2.75, 3.05) is 5.88 Å². The van der Waals surface area contributed by atoms with Gasteiger partial charge in [0.15, 0.2) is 0 Å². The molecule has 0 radical (unpaired) electrons. The summed E-state index contributed by atoms with van der Waals surface area (Å²) in [6.07, 6.45) is 1.95. The van der Waals surface area contributed by atoms with Gasteiger partial charge in [-0.15, -0.1) is 11.6 Å². The van der Waals surface area contributed by atoms with Crippen LogP contribution in [0.25, 0.3) is 0 Å². The molecule has 0 amide bonds. The number of rotatable bonds is 5. The summed E-state index contributed by atoms with van der Waals surface area (Å²) >= 11 is 5.63. The third-order valence-electron chi connectivity index (χ3n) is 2.48. The molecule has 0 bridgehead atoms. The van der Waals surface area contributed by atoms with Crippen molar-refractivity contribution in [3.8, 4) is 0 Å². The summed E-state index contributed by atoms with van der Waals surface area (Å²) in [4.78, 5) is 10.6. The van der Waals surface area contributed by atoms with E-state index in [0.717, 1.165) is 24.0 Å². The van der Waals surface area contributed by atoms with Crippen LogP contribution >= 0.6 is 11.6 Å². The molecule has 0 fully saturated rings. The Balaban J connectivity index is 2.85. The first-order valence-corrected chi connectivity index (χ1v) is 5.53. The first-order valence-electron chi connectivity index (χ1n) is 5.00. The van der Waals surface area contributed by atoms with E-state index in [1.807, 2.05) is 25.1 Å². The number of carboxylic acid groups (broad SMARTS) is 1. The Labute approximate surface area is 94.9 Å². The minimum absolute atomic E-state index is 0.0978. The molecule has 0 aromatic heterocycles. The smallest absolute Gasteiger partial charge is 0.307 e. The largest absolute Gasteiger partial charge is 0.481 e. The van der Waals surface area contributed by atoms with Gasteiger partial charge in [0.1, 0.15) is 0 Å². The van der Waals surface area contributed by atoms with Gasteiger partial charge in [-0.3, -0.25) is 4.79 Å². The molecule has 1 aromatic carbocycles. The molecule has 1 N–H and O–H groups in total. The van der Waals surface area contributed by atoms with Crippen LogP contribution in [0.3, 0.4) is 0 Å². The summed E-state index contributed by atoms with van der Waals surface area (Å²) in [5.74, 6) is -0.143. The van der Waals surface area contributed by atoms with E-state index in [-0.39, 0.29) is 6.42 Å². The lowest BCUT2D eigenvalue weighted by Gasteiger charge is -2.09. The number of halogens is 1. The molecule has 15 heavy (non-hydrogen) atoms. The molecule has 3 heteroatoms. The Morgan fingerprint density at radius 2 is 2.07 bits per heavy atom. The molecule has 2 nitrogen and oxygen atoms in total. The molecular weight excluding hydrogens is 212 g/mol. The summed E-state index contributed by atoms with van der Waals surface area (Å²) in [5.41, 5.74) is 3.19. The van der Waals surface area contributed by atoms with E-state index in [2.05, 4.69) is 0 Å². The highest BCUT2D eigenvalue weighted by Gasteiger charge is 2.06. The lowest BCUT2D eigenvalue weighted by Crippen LogP contribution is -2.04. The number of aryl methyl sites for hydroxylation is 1. The lowest BCUT2D eigenvalue weighted by atomic mass is 9.97. The van der Waals surface area contributed by atoms with E-state index in [0.29, 0.717) is 5.88 Å². The second kappa shape index (κ2) is 5.76. The predicted molar refractivity (Wildman–Crippen MR) is 61.6 cm³/mol. The van der Waals surface area contributed by atoms with Gasteiger partial charge in [0.05, 0.1) is 6.42 Å².